The molecule has 1 aliphatic rings. The molecule has 3 nitrogen and oxygen atoms in total. The van der Waals surface area contributed by atoms with Crippen molar-refractivity contribution in [1.82, 2.24) is 5.32 Å². The van der Waals surface area contributed by atoms with E-state index in [0.29, 0.717) is 11.6 Å². The van der Waals surface area contributed by atoms with E-state index < -0.39 is 0 Å². The van der Waals surface area contributed by atoms with E-state index in [4.69, 9.17) is 17.3 Å². The van der Waals surface area contributed by atoms with Gasteiger partial charge >= 0.3 is 0 Å². The summed E-state index contributed by atoms with van der Waals surface area (Å²) in [5.41, 5.74) is 6.83. The van der Waals surface area contributed by atoms with Crippen molar-refractivity contribution in [2.45, 2.75) is 31.8 Å². The van der Waals surface area contributed by atoms with Gasteiger partial charge in [0.2, 0.25) is 5.91 Å². The fraction of sp³-hybridized carbons (Fsp3) is 0.462. The first-order valence-electron chi connectivity index (χ1n) is 5.95. The lowest BCUT2D eigenvalue weighted by atomic mass is 10.0. The summed E-state index contributed by atoms with van der Waals surface area (Å²) >= 11 is 6.02. The number of benzene rings is 1. The van der Waals surface area contributed by atoms with Crippen molar-refractivity contribution < 1.29 is 4.79 Å². The van der Waals surface area contributed by atoms with E-state index in [1.807, 2.05) is 24.3 Å². The maximum Gasteiger partial charge on any atom is 0.224 e. The fourth-order valence-electron chi connectivity index (χ4n) is 2.27. The molecule has 0 spiro atoms. The van der Waals surface area contributed by atoms with Crippen LogP contribution in [0.2, 0.25) is 5.02 Å². The topological polar surface area (TPSA) is 55.1 Å². The molecule has 17 heavy (non-hydrogen) atoms. The Labute approximate surface area is 106 Å². The van der Waals surface area contributed by atoms with Crippen molar-refractivity contribution in [2.24, 2.45) is 11.7 Å². The highest BCUT2D eigenvalue weighted by Crippen LogP contribution is 2.24. The summed E-state index contributed by atoms with van der Waals surface area (Å²) in [7, 11) is 0. The number of halogens is 1. The highest BCUT2D eigenvalue weighted by molar-refractivity contribution is 6.31. The number of amides is 1. The maximum absolute atomic E-state index is 11.9. The van der Waals surface area contributed by atoms with Gasteiger partial charge in [-0.25, -0.2) is 0 Å². The van der Waals surface area contributed by atoms with E-state index >= 15 is 0 Å². The van der Waals surface area contributed by atoms with Crippen molar-refractivity contribution in [3.8, 4) is 0 Å². The Bertz CT molecular complexity index is 408. The lowest BCUT2D eigenvalue weighted by molar-refractivity contribution is -0.125. The van der Waals surface area contributed by atoms with Crippen LogP contribution in [0.5, 0.6) is 0 Å². The first-order valence-corrected chi connectivity index (χ1v) is 6.33. The number of hydrogen-bond donors (Lipinski definition) is 2. The van der Waals surface area contributed by atoms with E-state index in [2.05, 4.69) is 5.32 Å². The molecule has 2 rings (SSSR count). The van der Waals surface area contributed by atoms with Gasteiger partial charge in [-0.05, 0) is 24.5 Å². The van der Waals surface area contributed by atoms with Gasteiger partial charge in [0, 0.05) is 17.6 Å². The van der Waals surface area contributed by atoms with Crippen molar-refractivity contribution >= 4 is 17.5 Å². The molecule has 1 aromatic rings. The minimum atomic E-state index is -0.0301. The molecular weight excluding hydrogens is 236 g/mol. The average Bonchev–Trinajstić information content (AvgIpc) is 2.74. The smallest absolute Gasteiger partial charge is 0.224 e. The summed E-state index contributed by atoms with van der Waals surface area (Å²) in [6.45, 7) is 0.474. The summed E-state index contributed by atoms with van der Waals surface area (Å²) in [5, 5.41) is 3.59. The second-order valence-electron chi connectivity index (χ2n) is 4.51. The average molecular weight is 253 g/mol. The zero-order valence-corrected chi connectivity index (χ0v) is 10.4. The molecule has 4 heteroatoms. The van der Waals surface area contributed by atoms with Crippen LogP contribution in [0.15, 0.2) is 24.3 Å². The molecule has 0 saturated heterocycles. The molecule has 92 valence electrons. The van der Waals surface area contributed by atoms with Crippen LogP contribution in [0, 0.1) is 5.92 Å². The van der Waals surface area contributed by atoms with Crippen LogP contribution < -0.4 is 11.1 Å². The first-order chi connectivity index (χ1) is 8.18. The highest BCUT2D eigenvalue weighted by Gasteiger charge is 2.29. The number of carbonyl (C=O) groups excluding carboxylic acids is 1. The number of nitrogens with one attached hydrogen (secondary N) is 1. The van der Waals surface area contributed by atoms with Crippen molar-refractivity contribution in [3.63, 3.8) is 0 Å². The maximum atomic E-state index is 11.9. The van der Waals surface area contributed by atoms with Gasteiger partial charge < -0.3 is 11.1 Å². The molecule has 0 aliphatic heterocycles. The van der Waals surface area contributed by atoms with Gasteiger partial charge in [-0.2, -0.15) is 0 Å². The molecule has 0 bridgehead atoms. The predicted molar refractivity (Wildman–Crippen MR) is 68.6 cm³/mol. The standard InChI is InChI=1S/C13H17ClN2O/c14-11-6-2-1-4-9(11)8-16-13(17)10-5-3-7-12(10)15/h1-2,4,6,10,12H,3,5,7-8,15H2,(H,16,17). The van der Waals surface area contributed by atoms with Gasteiger partial charge in [0.25, 0.3) is 0 Å². The summed E-state index contributed by atoms with van der Waals surface area (Å²) in [6, 6.07) is 7.54. The van der Waals surface area contributed by atoms with Crippen LogP contribution >= 0.6 is 11.6 Å². The van der Waals surface area contributed by atoms with Crippen LogP contribution in [0.25, 0.3) is 0 Å². The first kappa shape index (κ1) is 12.4. The van der Waals surface area contributed by atoms with E-state index in [-0.39, 0.29) is 17.9 Å². The third-order valence-electron chi connectivity index (χ3n) is 3.32. The molecule has 1 fully saturated rings. The largest absolute Gasteiger partial charge is 0.352 e. The van der Waals surface area contributed by atoms with Gasteiger partial charge in [0.15, 0.2) is 0 Å². The molecule has 0 heterocycles. The summed E-state index contributed by atoms with van der Waals surface area (Å²) in [5.74, 6) is 0.0207. The third kappa shape index (κ3) is 2.99. The molecule has 1 saturated carbocycles. The van der Waals surface area contributed by atoms with E-state index in [1.165, 1.54) is 0 Å². The zero-order valence-electron chi connectivity index (χ0n) is 9.66. The van der Waals surface area contributed by atoms with E-state index in [9.17, 15) is 4.79 Å². The Kier molecular flexibility index (Phi) is 4.02. The minimum Gasteiger partial charge on any atom is -0.352 e. The van der Waals surface area contributed by atoms with Gasteiger partial charge in [0.05, 0.1) is 5.92 Å². The van der Waals surface area contributed by atoms with Crippen LogP contribution in [0.3, 0.4) is 0 Å². The monoisotopic (exact) mass is 252 g/mol. The number of hydrogen-bond acceptors (Lipinski definition) is 2. The summed E-state index contributed by atoms with van der Waals surface area (Å²) in [6.07, 6.45) is 2.89. The quantitative estimate of drug-likeness (QED) is 0.866. The fourth-order valence-corrected chi connectivity index (χ4v) is 2.47. The molecule has 3 N–H and O–H groups in total. The number of rotatable bonds is 3. The molecule has 1 aliphatic carbocycles. The highest BCUT2D eigenvalue weighted by atomic mass is 35.5. The number of nitrogens with two attached hydrogens (primary N) is 1. The SMILES string of the molecule is NC1CCCC1C(=O)NCc1ccccc1Cl. The van der Waals surface area contributed by atoms with Crippen molar-refractivity contribution in [1.29, 1.82) is 0 Å². The Morgan fingerprint density at radius 3 is 2.82 bits per heavy atom. The molecular formula is C13H17ClN2O. The summed E-state index contributed by atoms with van der Waals surface area (Å²) < 4.78 is 0. The molecule has 2 atom stereocenters. The minimum absolute atomic E-state index is 0.0150. The van der Waals surface area contributed by atoms with Crippen molar-refractivity contribution in [2.75, 3.05) is 0 Å². The molecule has 2 unspecified atom stereocenters. The second kappa shape index (κ2) is 5.52. The molecule has 1 aromatic carbocycles. The Balaban J connectivity index is 1.90. The predicted octanol–water partition coefficient (Wildman–Crippen LogP) is 2.08. The van der Waals surface area contributed by atoms with E-state index in [1.54, 1.807) is 0 Å². The van der Waals surface area contributed by atoms with Crippen LogP contribution in [0.4, 0.5) is 0 Å². The Morgan fingerprint density at radius 2 is 2.18 bits per heavy atom. The second-order valence-corrected chi connectivity index (χ2v) is 4.92. The third-order valence-corrected chi connectivity index (χ3v) is 3.69. The lowest BCUT2D eigenvalue weighted by Gasteiger charge is -2.15. The van der Waals surface area contributed by atoms with Gasteiger partial charge in [-0.3, -0.25) is 4.79 Å². The van der Waals surface area contributed by atoms with Crippen LogP contribution in [0.1, 0.15) is 24.8 Å². The normalized spacial score (nSPS) is 23.6. The molecule has 1 amide bonds. The Morgan fingerprint density at radius 1 is 1.41 bits per heavy atom. The van der Waals surface area contributed by atoms with Gasteiger partial charge in [-0.1, -0.05) is 36.2 Å². The molecule has 0 aromatic heterocycles. The van der Waals surface area contributed by atoms with Crippen LogP contribution in [-0.2, 0) is 11.3 Å². The number of carbonyl (C=O) groups is 1. The Hall–Kier alpha value is -1.06. The van der Waals surface area contributed by atoms with Gasteiger partial charge in [-0.15, -0.1) is 0 Å². The van der Waals surface area contributed by atoms with Gasteiger partial charge in [0.1, 0.15) is 0 Å². The van der Waals surface area contributed by atoms with Crippen LogP contribution in [-0.4, -0.2) is 11.9 Å². The molecule has 0 radical (unpaired) electrons. The summed E-state index contributed by atoms with van der Waals surface area (Å²) in [4.78, 5) is 11.9. The zero-order chi connectivity index (χ0) is 12.3. The van der Waals surface area contributed by atoms with E-state index in [0.717, 1.165) is 24.8 Å². The van der Waals surface area contributed by atoms with Crippen molar-refractivity contribution in [3.05, 3.63) is 34.9 Å². The lowest BCUT2D eigenvalue weighted by Crippen LogP contribution is -2.38.